The first-order valence-electron chi connectivity index (χ1n) is 10.1. The van der Waals surface area contributed by atoms with Gasteiger partial charge in [-0.2, -0.15) is 0 Å². The van der Waals surface area contributed by atoms with Crippen LogP contribution in [0.1, 0.15) is 30.6 Å². The number of benzene rings is 1. The van der Waals surface area contributed by atoms with Crippen LogP contribution < -0.4 is 10.6 Å². The van der Waals surface area contributed by atoms with E-state index < -0.39 is 17.9 Å². The second kappa shape index (κ2) is 9.15. The van der Waals surface area contributed by atoms with E-state index >= 15 is 0 Å². The van der Waals surface area contributed by atoms with E-state index in [9.17, 15) is 14.7 Å². The smallest absolute Gasteiger partial charge is 0.326 e. The monoisotopic (exact) mass is 450 g/mol. The summed E-state index contributed by atoms with van der Waals surface area (Å²) in [5.41, 5.74) is 2.34. The number of aromatic nitrogens is 4. The molecule has 0 saturated heterocycles. The molecule has 164 valence electrons. The lowest BCUT2D eigenvalue weighted by molar-refractivity contribution is -0.139. The largest absolute Gasteiger partial charge is 0.480 e. The minimum Gasteiger partial charge on any atom is -0.480 e. The SMILES string of the molecule is CC(C)C[C@H](NC(=O)c1cccn2c(-c3ccc(Nc4nccs4)cc3)nnc12)C(=O)O. The van der Waals surface area contributed by atoms with Crippen LogP contribution in [-0.4, -0.2) is 42.6 Å². The third-order valence-electron chi connectivity index (χ3n) is 4.82. The van der Waals surface area contributed by atoms with Gasteiger partial charge in [-0.1, -0.05) is 13.8 Å². The number of nitrogens with zero attached hydrogens (tertiary/aromatic N) is 4. The zero-order chi connectivity index (χ0) is 22.7. The van der Waals surface area contributed by atoms with Crippen LogP contribution in [0.15, 0.2) is 54.2 Å². The summed E-state index contributed by atoms with van der Waals surface area (Å²) in [6, 6.07) is 9.99. The number of hydrogen-bond donors (Lipinski definition) is 3. The lowest BCUT2D eigenvalue weighted by atomic mass is 10.0. The highest BCUT2D eigenvalue weighted by molar-refractivity contribution is 7.13. The van der Waals surface area contributed by atoms with Gasteiger partial charge in [-0.3, -0.25) is 9.20 Å². The molecule has 0 fully saturated rings. The predicted molar refractivity (Wildman–Crippen MR) is 122 cm³/mol. The van der Waals surface area contributed by atoms with Crippen molar-refractivity contribution in [2.24, 2.45) is 5.92 Å². The summed E-state index contributed by atoms with van der Waals surface area (Å²) < 4.78 is 1.72. The number of nitrogens with one attached hydrogen (secondary N) is 2. The predicted octanol–water partition coefficient (Wildman–Crippen LogP) is 3.83. The number of anilines is 2. The molecule has 0 saturated carbocycles. The average Bonchev–Trinajstić information content (AvgIpc) is 3.43. The van der Waals surface area contributed by atoms with E-state index in [2.05, 4.69) is 25.8 Å². The Morgan fingerprint density at radius 3 is 2.59 bits per heavy atom. The van der Waals surface area contributed by atoms with Gasteiger partial charge in [-0.05, 0) is 48.7 Å². The van der Waals surface area contributed by atoms with Crippen LogP contribution in [0.3, 0.4) is 0 Å². The Hall–Kier alpha value is -3.79. The summed E-state index contributed by atoms with van der Waals surface area (Å²) in [4.78, 5) is 28.6. The van der Waals surface area contributed by atoms with Crippen molar-refractivity contribution in [3.8, 4) is 11.4 Å². The zero-order valence-corrected chi connectivity index (χ0v) is 18.3. The van der Waals surface area contributed by atoms with Crippen molar-refractivity contribution in [2.45, 2.75) is 26.3 Å². The fourth-order valence-electron chi connectivity index (χ4n) is 3.33. The van der Waals surface area contributed by atoms with Crippen molar-refractivity contribution >= 4 is 39.7 Å². The molecule has 3 N–H and O–H groups in total. The van der Waals surface area contributed by atoms with E-state index in [4.69, 9.17) is 0 Å². The number of carbonyl (C=O) groups is 2. The van der Waals surface area contributed by atoms with Crippen molar-refractivity contribution in [1.29, 1.82) is 0 Å². The maximum Gasteiger partial charge on any atom is 0.326 e. The number of fused-ring (bicyclic) bond motifs is 1. The Labute approximate surface area is 188 Å². The Morgan fingerprint density at radius 2 is 1.94 bits per heavy atom. The van der Waals surface area contributed by atoms with Crippen LogP contribution in [0.25, 0.3) is 17.0 Å². The fraction of sp³-hybridized carbons (Fsp3) is 0.227. The van der Waals surface area contributed by atoms with Gasteiger partial charge in [-0.25, -0.2) is 9.78 Å². The van der Waals surface area contributed by atoms with Gasteiger partial charge in [0.1, 0.15) is 6.04 Å². The highest BCUT2D eigenvalue weighted by Gasteiger charge is 2.24. The second-order valence-corrected chi connectivity index (χ2v) is 8.57. The number of thiazole rings is 1. The molecular formula is C22H22N6O3S. The van der Waals surface area contributed by atoms with Crippen LogP contribution in [0.2, 0.25) is 0 Å². The molecule has 9 nitrogen and oxygen atoms in total. The summed E-state index contributed by atoms with van der Waals surface area (Å²) in [7, 11) is 0. The number of carboxylic acid groups (broad SMARTS) is 1. The van der Waals surface area contributed by atoms with Crippen molar-refractivity contribution < 1.29 is 14.7 Å². The molecule has 3 aromatic heterocycles. The fourth-order valence-corrected chi connectivity index (χ4v) is 3.88. The average molecular weight is 451 g/mol. The Morgan fingerprint density at radius 1 is 1.16 bits per heavy atom. The number of carbonyl (C=O) groups excluding carboxylic acids is 1. The molecule has 4 rings (SSSR count). The maximum atomic E-state index is 12.8. The van der Waals surface area contributed by atoms with E-state index in [1.165, 1.54) is 11.3 Å². The molecule has 0 aliphatic carbocycles. The van der Waals surface area contributed by atoms with Crippen LogP contribution >= 0.6 is 11.3 Å². The second-order valence-electron chi connectivity index (χ2n) is 7.67. The Bertz CT molecular complexity index is 1230. The van der Waals surface area contributed by atoms with E-state index in [0.29, 0.717) is 17.9 Å². The summed E-state index contributed by atoms with van der Waals surface area (Å²) in [6.07, 6.45) is 3.84. The molecule has 0 radical (unpaired) electrons. The summed E-state index contributed by atoms with van der Waals surface area (Å²) in [5, 5.41) is 26.4. The highest BCUT2D eigenvalue weighted by Crippen LogP contribution is 2.24. The lowest BCUT2D eigenvalue weighted by Gasteiger charge is -2.16. The molecule has 10 heteroatoms. The van der Waals surface area contributed by atoms with Crippen LogP contribution in [0.4, 0.5) is 10.8 Å². The van der Waals surface area contributed by atoms with E-state index in [1.807, 2.05) is 43.5 Å². The Kier molecular flexibility index (Phi) is 6.13. The molecule has 0 unspecified atom stereocenters. The Balaban J connectivity index is 1.59. The standard InChI is InChI=1S/C22H22N6O3S/c1-13(2)12-17(21(30)31)25-20(29)16-4-3-10-28-18(26-27-19(16)28)14-5-7-15(8-6-14)24-22-23-9-11-32-22/h3-11,13,17H,12H2,1-2H3,(H,23,24)(H,25,29)(H,30,31)/t17-/m0/s1. The first-order valence-corrected chi connectivity index (χ1v) is 10.9. The minimum atomic E-state index is -1.06. The molecule has 1 aromatic carbocycles. The van der Waals surface area contributed by atoms with E-state index in [0.717, 1.165) is 16.4 Å². The molecule has 4 aromatic rings. The van der Waals surface area contributed by atoms with Crippen molar-refractivity contribution in [2.75, 3.05) is 5.32 Å². The first-order chi connectivity index (χ1) is 15.4. The van der Waals surface area contributed by atoms with Crippen LogP contribution in [0, 0.1) is 5.92 Å². The maximum absolute atomic E-state index is 12.8. The molecule has 1 amide bonds. The number of aliphatic carboxylic acids is 1. The highest BCUT2D eigenvalue weighted by atomic mass is 32.1. The molecular weight excluding hydrogens is 428 g/mol. The third-order valence-corrected chi connectivity index (χ3v) is 5.51. The molecule has 1 atom stereocenters. The number of hydrogen-bond acceptors (Lipinski definition) is 7. The van der Waals surface area contributed by atoms with Gasteiger partial charge >= 0.3 is 5.97 Å². The van der Waals surface area contributed by atoms with Crippen LogP contribution in [0.5, 0.6) is 0 Å². The topological polar surface area (TPSA) is 122 Å². The molecule has 0 aliphatic rings. The molecule has 32 heavy (non-hydrogen) atoms. The summed E-state index contributed by atoms with van der Waals surface area (Å²) in [5.74, 6) is -0.856. The lowest BCUT2D eigenvalue weighted by Crippen LogP contribution is -2.41. The van der Waals surface area contributed by atoms with E-state index in [1.54, 1.807) is 28.9 Å². The van der Waals surface area contributed by atoms with Gasteiger partial charge in [0.05, 0.1) is 5.56 Å². The number of amides is 1. The quantitative estimate of drug-likeness (QED) is 0.373. The van der Waals surface area contributed by atoms with Crippen LogP contribution in [-0.2, 0) is 4.79 Å². The number of rotatable bonds is 8. The van der Waals surface area contributed by atoms with Gasteiger partial charge in [0.15, 0.2) is 16.6 Å². The minimum absolute atomic E-state index is 0.125. The van der Waals surface area contributed by atoms with Gasteiger partial charge in [0.2, 0.25) is 0 Å². The molecule has 0 aliphatic heterocycles. The third kappa shape index (κ3) is 4.59. The summed E-state index contributed by atoms with van der Waals surface area (Å²) in [6.45, 7) is 3.82. The van der Waals surface area contributed by atoms with Gasteiger partial charge in [-0.15, -0.1) is 21.5 Å². The van der Waals surface area contributed by atoms with Gasteiger partial charge in [0.25, 0.3) is 5.91 Å². The molecule has 0 spiro atoms. The van der Waals surface area contributed by atoms with Crippen molar-refractivity contribution in [1.82, 2.24) is 24.9 Å². The summed E-state index contributed by atoms with van der Waals surface area (Å²) >= 11 is 1.51. The van der Waals surface area contributed by atoms with Gasteiger partial charge in [0, 0.05) is 29.0 Å². The van der Waals surface area contributed by atoms with Crippen molar-refractivity contribution in [3.63, 3.8) is 0 Å². The first kappa shape index (κ1) is 21.4. The molecule has 3 heterocycles. The van der Waals surface area contributed by atoms with Crippen molar-refractivity contribution in [3.05, 3.63) is 59.7 Å². The number of carboxylic acids is 1. The zero-order valence-electron chi connectivity index (χ0n) is 17.5. The van der Waals surface area contributed by atoms with E-state index in [-0.39, 0.29) is 11.5 Å². The normalized spacial score (nSPS) is 12.1. The van der Waals surface area contributed by atoms with Gasteiger partial charge < -0.3 is 15.7 Å². The molecule has 0 bridgehead atoms. The number of pyridine rings is 1.